The third-order valence-corrected chi connectivity index (χ3v) is 4.12. The average molecular weight is 381 g/mol. The Morgan fingerprint density at radius 3 is 2.57 bits per heavy atom. The number of benzene rings is 1. The molecule has 1 amide bonds. The summed E-state index contributed by atoms with van der Waals surface area (Å²) in [7, 11) is 0. The van der Waals surface area contributed by atoms with Crippen LogP contribution in [-0.4, -0.2) is 16.6 Å². The van der Waals surface area contributed by atoms with Crippen LogP contribution >= 0.6 is 35.0 Å². The summed E-state index contributed by atoms with van der Waals surface area (Å²) in [4.78, 5) is 15.8. The van der Waals surface area contributed by atoms with Crippen molar-refractivity contribution in [2.45, 2.75) is 11.2 Å². The molecule has 0 saturated carbocycles. The average Bonchev–Trinajstić information content (AvgIpc) is 2.48. The maximum Gasteiger partial charge on any atom is 0.416 e. The van der Waals surface area contributed by atoms with Gasteiger partial charge in [-0.05, 0) is 30.3 Å². The Labute approximate surface area is 144 Å². The molecule has 0 radical (unpaired) electrons. The van der Waals surface area contributed by atoms with Gasteiger partial charge in [0.15, 0.2) is 0 Å². The lowest BCUT2D eigenvalue weighted by molar-refractivity contribution is -0.137. The molecule has 1 aromatic heterocycles. The number of thioether (sulfide) groups is 1. The van der Waals surface area contributed by atoms with Gasteiger partial charge in [-0.3, -0.25) is 4.79 Å². The van der Waals surface area contributed by atoms with E-state index < -0.39 is 17.6 Å². The Hall–Kier alpha value is -1.44. The SMILES string of the molecule is O=C(CSc1ccc(Cl)cn1)Nc1cc(C(F)(F)F)ccc1Cl. The molecule has 1 aromatic carbocycles. The number of pyridine rings is 1. The number of anilines is 1. The van der Waals surface area contributed by atoms with E-state index in [-0.39, 0.29) is 16.5 Å². The third-order valence-electron chi connectivity index (χ3n) is 2.62. The summed E-state index contributed by atoms with van der Waals surface area (Å²) in [5, 5.41) is 3.42. The van der Waals surface area contributed by atoms with Gasteiger partial charge in [0.2, 0.25) is 5.91 Å². The van der Waals surface area contributed by atoms with E-state index in [0.717, 1.165) is 30.0 Å². The van der Waals surface area contributed by atoms with Crippen molar-refractivity contribution in [3.8, 4) is 0 Å². The van der Waals surface area contributed by atoms with E-state index in [1.165, 1.54) is 6.20 Å². The number of aromatic nitrogens is 1. The van der Waals surface area contributed by atoms with Crippen molar-refractivity contribution < 1.29 is 18.0 Å². The van der Waals surface area contributed by atoms with Crippen LogP contribution in [0.1, 0.15) is 5.56 Å². The van der Waals surface area contributed by atoms with Crippen LogP contribution in [-0.2, 0) is 11.0 Å². The number of rotatable bonds is 4. The number of alkyl halides is 3. The van der Waals surface area contributed by atoms with Crippen molar-refractivity contribution in [2.24, 2.45) is 0 Å². The number of hydrogen-bond donors (Lipinski definition) is 1. The van der Waals surface area contributed by atoms with E-state index >= 15 is 0 Å². The van der Waals surface area contributed by atoms with Gasteiger partial charge in [-0.2, -0.15) is 13.2 Å². The topological polar surface area (TPSA) is 42.0 Å². The molecule has 0 fully saturated rings. The zero-order chi connectivity index (χ0) is 17.0. The lowest BCUT2D eigenvalue weighted by Gasteiger charge is -2.11. The van der Waals surface area contributed by atoms with Gasteiger partial charge in [0.25, 0.3) is 0 Å². The van der Waals surface area contributed by atoms with Crippen LogP contribution in [0.25, 0.3) is 0 Å². The van der Waals surface area contributed by atoms with Gasteiger partial charge < -0.3 is 5.32 Å². The Balaban J connectivity index is 2.01. The van der Waals surface area contributed by atoms with Crippen molar-refractivity contribution in [1.29, 1.82) is 0 Å². The van der Waals surface area contributed by atoms with E-state index in [0.29, 0.717) is 10.0 Å². The van der Waals surface area contributed by atoms with Crippen molar-refractivity contribution in [1.82, 2.24) is 4.98 Å². The molecule has 2 aromatic rings. The fourth-order valence-corrected chi connectivity index (χ4v) is 2.49. The highest BCUT2D eigenvalue weighted by Gasteiger charge is 2.31. The highest BCUT2D eigenvalue weighted by atomic mass is 35.5. The number of nitrogens with one attached hydrogen (secondary N) is 1. The minimum Gasteiger partial charge on any atom is -0.324 e. The van der Waals surface area contributed by atoms with Crippen molar-refractivity contribution >= 4 is 46.6 Å². The molecule has 9 heteroatoms. The largest absolute Gasteiger partial charge is 0.416 e. The molecule has 122 valence electrons. The molecule has 1 heterocycles. The first-order valence-corrected chi connectivity index (χ1v) is 7.91. The molecular formula is C14H9Cl2F3N2OS. The number of halogens is 5. The molecule has 3 nitrogen and oxygen atoms in total. The fraction of sp³-hybridized carbons (Fsp3) is 0.143. The summed E-state index contributed by atoms with van der Waals surface area (Å²) in [5.74, 6) is -0.519. The lowest BCUT2D eigenvalue weighted by Crippen LogP contribution is -2.15. The van der Waals surface area contributed by atoms with Crippen LogP contribution in [0.5, 0.6) is 0 Å². The quantitative estimate of drug-likeness (QED) is 0.746. The summed E-state index contributed by atoms with van der Waals surface area (Å²) in [6, 6.07) is 6.00. The van der Waals surface area contributed by atoms with Crippen LogP contribution in [0.4, 0.5) is 18.9 Å². The first-order chi connectivity index (χ1) is 10.8. The molecular weight excluding hydrogens is 372 g/mol. The van der Waals surface area contributed by atoms with Crippen molar-refractivity contribution in [3.63, 3.8) is 0 Å². The summed E-state index contributed by atoms with van der Waals surface area (Å²) < 4.78 is 38.0. The van der Waals surface area contributed by atoms with E-state index in [9.17, 15) is 18.0 Å². The Bertz CT molecular complexity index is 708. The number of carbonyl (C=O) groups is 1. The normalized spacial score (nSPS) is 11.3. The second-order valence-corrected chi connectivity index (χ2v) is 6.18. The number of carbonyl (C=O) groups excluding carboxylic acids is 1. The zero-order valence-corrected chi connectivity index (χ0v) is 13.7. The second kappa shape index (κ2) is 7.42. The highest BCUT2D eigenvalue weighted by Crippen LogP contribution is 2.33. The summed E-state index contributed by atoms with van der Waals surface area (Å²) in [5.41, 5.74) is -0.972. The van der Waals surface area contributed by atoms with Crippen LogP contribution in [0.3, 0.4) is 0 Å². The van der Waals surface area contributed by atoms with E-state index in [1.54, 1.807) is 12.1 Å². The molecule has 0 atom stereocenters. The smallest absolute Gasteiger partial charge is 0.324 e. The maximum atomic E-state index is 12.7. The van der Waals surface area contributed by atoms with Gasteiger partial charge in [-0.15, -0.1) is 0 Å². The minimum absolute atomic E-state index is 0.0266. The molecule has 0 aliphatic heterocycles. The van der Waals surface area contributed by atoms with Crippen LogP contribution in [0.15, 0.2) is 41.6 Å². The van der Waals surface area contributed by atoms with Crippen LogP contribution in [0, 0.1) is 0 Å². The number of nitrogens with zero attached hydrogens (tertiary/aromatic N) is 1. The van der Waals surface area contributed by atoms with Gasteiger partial charge >= 0.3 is 6.18 Å². The van der Waals surface area contributed by atoms with Crippen LogP contribution < -0.4 is 5.32 Å². The van der Waals surface area contributed by atoms with E-state index in [4.69, 9.17) is 23.2 Å². The van der Waals surface area contributed by atoms with E-state index in [1.807, 2.05) is 0 Å². The molecule has 0 saturated heterocycles. The Morgan fingerprint density at radius 1 is 1.22 bits per heavy atom. The minimum atomic E-state index is -4.51. The predicted octanol–water partition coefficient (Wildman–Crippen LogP) is 5.14. The van der Waals surface area contributed by atoms with Gasteiger partial charge in [-0.25, -0.2) is 4.98 Å². The number of amides is 1. The fourth-order valence-electron chi connectivity index (χ4n) is 1.57. The number of hydrogen-bond acceptors (Lipinski definition) is 3. The third kappa shape index (κ3) is 5.30. The molecule has 0 aliphatic rings. The summed E-state index contributed by atoms with van der Waals surface area (Å²) in [6.07, 6.45) is -3.07. The highest BCUT2D eigenvalue weighted by molar-refractivity contribution is 7.99. The second-order valence-electron chi connectivity index (χ2n) is 4.34. The zero-order valence-electron chi connectivity index (χ0n) is 11.3. The molecule has 23 heavy (non-hydrogen) atoms. The van der Waals surface area contributed by atoms with Crippen molar-refractivity contribution in [2.75, 3.05) is 11.1 Å². The Kier molecular flexibility index (Phi) is 5.78. The van der Waals surface area contributed by atoms with Crippen molar-refractivity contribution in [3.05, 3.63) is 52.1 Å². The van der Waals surface area contributed by atoms with Gasteiger partial charge in [0.1, 0.15) is 0 Å². The standard InChI is InChI=1S/C14H9Cl2F3N2OS/c15-9-2-4-13(20-6-9)23-7-12(22)21-11-5-8(14(17,18)19)1-3-10(11)16/h1-6H,7H2,(H,21,22). The first-order valence-electron chi connectivity index (χ1n) is 6.16. The summed E-state index contributed by atoms with van der Waals surface area (Å²) in [6.45, 7) is 0. The summed E-state index contributed by atoms with van der Waals surface area (Å²) >= 11 is 12.6. The monoisotopic (exact) mass is 380 g/mol. The predicted molar refractivity (Wildman–Crippen MR) is 85.1 cm³/mol. The molecule has 0 aliphatic carbocycles. The molecule has 0 spiro atoms. The lowest BCUT2D eigenvalue weighted by atomic mass is 10.2. The van der Waals surface area contributed by atoms with Gasteiger partial charge in [0, 0.05) is 6.20 Å². The van der Waals surface area contributed by atoms with Crippen LogP contribution in [0.2, 0.25) is 10.0 Å². The maximum absolute atomic E-state index is 12.7. The van der Waals surface area contributed by atoms with Gasteiger partial charge in [-0.1, -0.05) is 35.0 Å². The Morgan fingerprint density at radius 2 is 1.96 bits per heavy atom. The van der Waals surface area contributed by atoms with E-state index in [2.05, 4.69) is 10.3 Å². The molecule has 2 rings (SSSR count). The molecule has 1 N–H and O–H groups in total. The molecule has 0 unspecified atom stereocenters. The first kappa shape index (κ1) is 17.9. The molecule has 0 bridgehead atoms. The van der Waals surface area contributed by atoms with Gasteiger partial charge in [0.05, 0.1) is 32.1 Å².